The molecular weight excluding hydrogens is 418 g/mol. The molecular formula is C22H21N3O5S. The molecule has 1 aromatic carbocycles. The number of nitrogens with zero attached hydrogens (tertiary/aromatic N) is 2. The van der Waals surface area contributed by atoms with Crippen LogP contribution in [0.15, 0.2) is 59.9 Å². The van der Waals surface area contributed by atoms with E-state index in [1.54, 1.807) is 18.2 Å². The van der Waals surface area contributed by atoms with E-state index in [4.69, 9.17) is 4.74 Å². The van der Waals surface area contributed by atoms with Gasteiger partial charge < -0.3 is 9.47 Å². The minimum absolute atomic E-state index is 0.0708. The van der Waals surface area contributed by atoms with Crippen molar-refractivity contribution >= 4 is 21.7 Å². The second kappa shape index (κ2) is 8.73. The van der Waals surface area contributed by atoms with E-state index in [9.17, 15) is 13.2 Å². The number of fused-ring (bicyclic) bond motifs is 1. The van der Waals surface area contributed by atoms with Gasteiger partial charge in [-0.25, -0.2) is 13.2 Å². The Morgan fingerprint density at radius 3 is 2.61 bits per heavy atom. The SMILES string of the molecule is COC(=O)c1ccc(COc2cc3c(cc2NS(=O)(=O)c2cccnc2)CCC3)nc1. The summed E-state index contributed by atoms with van der Waals surface area (Å²) < 4.78 is 38.8. The van der Waals surface area contributed by atoms with E-state index in [1.165, 1.54) is 31.8 Å². The monoisotopic (exact) mass is 439 g/mol. The number of aromatic nitrogens is 2. The summed E-state index contributed by atoms with van der Waals surface area (Å²) >= 11 is 0. The first-order chi connectivity index (χ1) is 15.0. The molecule has 3 aromatic rings. The van der Waals surface area contributed by atoms with Crippen molar-refractivity contribution < 1.29 is 22.7 Å². The molecule has 2 heterocycles. The summed E-state index contributed by atoms with van der Waals surface area (Å²) in [7, 11) is -2.51. The van der Waals surface area contributed by atoms with Gasteiger partial charge in [0.2, 0.25) is 0 Å². The van der Waals surface area contributed by atoms with Crippen LogP contribution in [0.25, 0.3) is 0 Å². The number of nitrogens with one attached hydrogen (secondary N) is 1. The van der Waals surface area contributed by atoms with Gasteiger partial charge in [0.15, 0.2) is 0 Å². The molecule has 8 nitrogen and oxygen atoms in total. The predicted octanol–water partition coefficient (Wildman–Crippen LogP) is 3.13. The number of carbonyl (C=O) groups is 1. The molecule has 2 aromatic heterocycles. The molecule has 0 atom stereocenters. The maximum atomic E-state index is 12.8. The number of pyridine rings is 2. The molecule has 9 heteroatoms. The molecule has 0 fully saturated rings. The van der Waals surface area contributed by atoms with Crippen molar-refractivity contribution in [3.8, 4) is 5.75 Å². The molecule has 1 aliphatic carbocycles. The van der Waals surface area contributed by atoms with Gasteiger partial charge in [-0.1, -0.05) is 0 Å². The third-order valence-electron chi connectivity index (χ3n) is 5.00. The third-order valence-corrected chi connectivity index (χ3v) is 6.36. The molecule has 160 valence electrons. The van der Waals surface area contributed by atoms with E-state index < -0.39 is 16.0 Å². The van der Waals surface area contributed by atoms with Crippen molar-refractivity contribution in [3.05, 3.63) is 77.4 Å². The summed E-state index contributed by atoms with van der Waals surface area (Å²) in [5.74, 6) is -0.0438. The Hall–Kier alpha value is -3.46. The molecule has 0 saturated carbocycles. The molecule has 1 N–H and O–H groups in total. The second-order valence-electron chi connectivity index (χ2n) is 7.08. The summed E-state index contributed by atoms with van der Waals surface area (Å²) in [5, 5.41) is 0. The topological polar surface area (TPSA) is 107 Å². The zero-order valence-electron chi connectivity index (χ0n) is 16.9. The van der Waals surface area contributed by atoms with Gasteiger partial charge in [0.25, 0.3) is 10.0 Å². The average Bonchev–Trinajstić information content (AvgIpc) is 3.25. The number of esters is 1. The molecule has 31 heavy (non-hydrogen) atoms. The standard InChI is InChI=1S/C22H21N3O5S/c1-29-22(26)17-7-8-18(24-12-17)14-30-21-11-16-5-2-4-15(16)10-20(21)25-31(27,28)19-6-3-9-23-13-19/h3,6-13,25H,2,4-5,14H2,1H3. The number of ether oxygens (including phenoxy) is 2. The third kappa shape index (κ3) is 4.66. The fraction of sp³-hybridized carbons (Fsp3) is 0.227. The number of benzene rings is 1. The van der Waals surface area contributed by atoms with Gasteiger partial charge in [0, 0.05) is 18.6 Å². The van der Waals surface area contributed by atoms with Crippen LogP contribution in [-0.2, 0) is 34.2 Å². The molecule has 4 rings (SSSR count). The Labute approximate surface area is 180 Å². The lowest BCUT2D eigenvalue weighted by Crippen LogP contribution is -2.14. The van der Waals surface area contributed by atoms with E-state index in [2.05, 4.69) is 19.4 Å². The number of sulfonamides is 1. The van der Waals surface area contributed by atoms with Crippen molar-refractivity contribution in [3.63, 3.8) is 0 Å². The molecule has 1 aliphatic rings. The van der Waals surface area contributed by atoms with Gasteiger partial charge in [-0.15, -0.1) is 0 Å². The number of aryl methyl sites for hydroxylation is 2. The minimum Gasteiger partial charge on any atom is -0.485 e. The largest absolute Gasteiger partial charge is 0.485 e. The Balaban J connectivity index is 1.58. The number of carbonyl (C=O) groups excluding carboxylic acids is 1. The van der Waals surface area contributed by atoms with Crippen LogP contribution in [0.4, 0.5) is 5.69 Å². The van der Waals surface area contributed by atoms with E-state index in [1.807, 2.05) is 12.1 Å². The quantitative estimate of drug-likeness (QED) is 0.564. The van der Waals surface area contributed by atoms with Crippen LogP contribution in [-0.4, -0.2) is 31.5 Å². The number of rotatable bonds is 7. The first kappa shape index (κ1) is 20.8. The zero-order valence-corrected chi connectivity index (χ0v) is 17.7. The highest BCUT2D eigenvalue weighted by molar-refractivity contribution is 7.92. The van der Waals surface area contributed by atoms with E-state index in [0.717, 1.165) is 30.4 Å². The van der Waals surface area contributed by atoms with E-state index >= 15 is 0 Å². The minimum atomic E-state index is -3.81. The van der Waals surface area contributed by atoms with Crippen LogP contribution in [0.3, 0.4) is 0 Å². The lowest BCUT2D eigenvalue weighted by molar-refractivity contribution is 0.0600. The Bertz CT molecular complexity index is 1200. The number of methoxy groups -OCH3 is 1. The van der Waals surface area contributed by atoms with Gasteiger partial charge in [-0.3, -0.25) is 14.7 Å². The molecule has 0 spiro atoms. The van der Waals surface area contributed by atoms with Gasteiger partial charge in [-0.2, -0.15) is 0 Å². The van der Waals surface area contributed by atoms with E-state index in [0.29, 0.717) is 22.7 Å². The van der Waals surface area contributed by atoms with Gasteiger partial charge in [0.05, 0.1) is 24.1 Å². The van der Waals surface area contributed by atoms with Gasteiger partial charge >= 0.3 is 5.97 Å². The summed E-state index contributed by atoms with van der Waals surface area (Å²) in [6, 6.07) is 10.0. The molecule has 0 unspecified atom stereocenters. The highest BCUT2D eigenvalue weighted by Crippen LogP contribution is 2.35. The predicted molar refractivity (Wildman–Crippen MR) is 113 cm³/mol. The summed E-state index contributed by atoms with van der Waals surface area (Å²) in [6.07, 6.45) is 7.06. The van der Waals surface area contributed by atoms with E-state index in [-0.39, 0.29) is 11.5 Å². The number of anilines is 1. The van der Waals surface area contributed by atoms with Gasteiger partial charge in [0.1, 0.15) is 17.3 Å². The lowest BCUT2D eigenvalue weighted by Gasteiger charge is -2.16. The molecule has 0 aliphatic heterocycles. The molecule has 0 saturated heterocycles. The average molecular weight is 439 g/mol. The lowest BCUT2D eigenvalue weighted by atomic mass is 10.1. The Kier molecular flexibility index (Phi) is 5.85. The van der Waals surface area contributed by atoms with Crippen molar-refractivity contribution in [2.45, 2.75) is 30.8 Å². The number of hydrogen-bond donors (Lipinski definition) is 1. The van der Waals surface area contributed by atoms with Crippen LogP contribution >= 0.6 is 0 Å². The van der Waals surface area contributed by atoms with Crippen molar-refractivity contribution in [1.82, 2.24) is 9.97 Å². The van der Waals surface area contributed by atoms with Crippen LogP contribution < -0.4 is 9.46 Å². The second-order valence-corrected chi connectivity index (χ2v) is 8.77. The first-order valence-corrected chi connectivity index (χ1v) is 11.2. The zero-order chi connectivity index (χ0) is 21.8. The van der Waals surface area contributed by atoms with Crippen LogP contribution in [0.1, 0.15) is 33.6 Å². The summed E-state index contributed by atoms with van der Waals surface area (Å²) in [5.41, 5.74) is 3.56. The summed E-state index contributed by atoms with van der Waals surface area (Å²) in [6.45, 7) is 0.113. The highest BCUT2D eigenvalue weighted by Gasteiger charge is 2.21. The maximum Gasteiger partial charge on any atom is 0.339 e. The van der Waals surface area contributed by atoms with Crippen LogP contribution in [0.2, 0.25) is 0 Å². The van der Waals surface area contributed by atoms with Crippen LogP contribution in [0.5, 0.6) is 5.75 Å². The molecule has 0 amide bonds. The Morgan fingerprint density at radius 2 is 1.94 bits per heavy atom. The molecule has 0 radical (unpaired) electrons. The summed E-state index contributed by atoms with van der Waals surface area (Å²) in [4.78, 5) is 19.7. The first-order valence-electron chi connectivity index (χ1n) is 9.71. The Morgan fingerprint density at radius 1 is 1.13 bits per heavy atom. The van der Waals surface area contributed by atoms with Crippen molar-refractivity contribution in [2.75, 3.05) is 11.8 Å². The van der Waals surface area contributed by atoms with Gasteiger partial charge in [-0.05, 0) is 66.8 Å². The fourth-order valence-electron chi connectivity index (χ4n) is 3.41. The maximum absolute atomic E-state index is 12.8. The van der Waals surface area contributed by atoms with Crippen molar-refractivity contribution in [1.29, 1.82) is 0 Å². The fourth-order valence-corrected chi connectivity index (χ4v) is 4.43. The normalized spacial score (nSPS) is 12.8. The van der Waals surface area contributed by atoms with Crippen molar-refractivity contribution in [2.24, 2.45) is 0 Å². The smallest absolute Gasteiger partial charge is 0.339 e. The number of hydrogen-bond acceptors (Lipinski definition) is 7. The van der Waals surface area contributed by atoms with Crippen LogP contribution in [0, 0.1) is 0 Å². The molecule has 0 bridgehead atoms. The highest BCUT2D eigenvalue weighted by atomic mass is 32.2.